The van der Waals surface area contributed by atoms with E-state index in [4.69, 9.17) is 15.2 Å². The van der Waals surface area contributed by atoms with E-state index >= 15 is 0 Å². The zero-order chi connectivity index (χ0) is 21.1. The van der Waals surface area contributed by atoms with E-state index in [2.05, 4.69) is 29.4 Å². The van der Waals surface area contributed by atoms with Gasteiger partial charge in [0.2, 0.25) is 5.79 Å². The van der Waals surface area contributed by atoms with Crippen molar-refractivity contribution in [3.05, 3.63) is 33.8 Å². The first-order valence-electron chi connectivity index (χ1n) is 10.6. The predicted molar refractivity (Wildman–Crippen MR) is 110 cm³/mol. The van der Waals surface area contributed by atoms with Crippen LogP contribution >= 0.6 is 0 Å². The first-order chi connectivity index (χ1) is 13.8. The molecule has 3 aliphatic rings. The molecule has 0 aromatic rings. The van der Waals surface area contributed by atoms with Gasteiger partial charge in [-0.3, -0.25) is 26.1 Å². The van der Waals surface area contributed by atoms with E-state index in [1.165, 1.54) is 19.3 Å². The van der Waals surface area contributed by atoms with Crippen LogP contribution in [0.25, 0.3) is 0 Å². The van der Waals surface area contributed by atoms with Gasteiger partial charge in [-0.05, 0) is 52.4 Å². The van der Waals surface area contributed by atoms with E-state index in [9.17, 15) is 10.1 Å². The molecule has 0 aromatic carbocycles. The predicted octanol–water partition coefficient (Wildman–Crippen LogP) is 1.64. The number of allylic oxidation sites excluding steroid dienone is 2. The number of methoxy groups -OCH3 is 1. The first kappa shape index (κ1) is 22.0. The summed E-state index contributed by atoms with van der Waals surface area (Å²) in [4.78, 5) is 13.6. The maximum absolute atomic E-state index is 11.5. The highest BCUT2D eigenvalue weighted by atomic mass is 16.6. The Balaban J connectivity index is 1.56. The maximum atomic E-state index is 11.5. The van der Waals surface area contributed by atoms with Crippen molar-refractivity contribution in [3.63, 3.8) is 0 Å². The summed E-state index contributed by atoms with van der Waals surface area (Å²) in [6.07, 6.45) is 9.62. The molecule has 1 atom stereocenters. The van der Waals surface area contributed by atoms with Gasteiger partial charge < -0.3 is 14.8 Å². The molecule has 2 fully saturated rings. The van der Waals surface area contributed by atoms with Gasteiger partial charge in [0.15, 0.2) is 5.88 Å². The molecular formula is C20H35N5O4. The van der Waals surface area contributed by atoms with Gasteiger partial charge in [-0.25, -0.2) is 0 Å². The molecule has 0 aromatic heterocycles. The Morgan fingerprint density at radius 1 is 1.31 bits per heavy atom. The zero-order valence-electron chi connectivity index (χ0n) is 17.8. The molecule has 0 spiro atoms. The van der Waals surface area contributed by atoms with Gasteiger partial charge in [-0.1, -0.05) is 0 Å². The van der Waals surface area contributed by atoms with Crippen molar-refractivity contribution in [1.29, 1.82) is 0 Å². The van der Waals surface area contributed by atoms with Gasteiger partial charge in [0, 0.05) is 43.4 Å². The van der Waals surface area contributed by atoms with Crippen LogP contribution in [0.3, 0.4) is 0 Å². The van der Waals surface area contributed by atoms with Crippen molar-refractivity contribution in [2.24, 2.45) is 5.73 Å². The van der Waals surface area contributed by atoms with E-state index in [0.717, 1.165) is 58.2 Å². The average molecular weight is 410 g/mol. The summed E-state index contributed by atoms with van der Waals surface area (Å²) in [5.41, 5.74) is 6.47. The third-order valence-electron chi connectivity index (χ3n) is 6.64. The van der Waals surface area contributed by atoms with Crippen molar-refractivity contribution in [2.45, 2.75) is 75.8 Å². The van der Waals surface area contributed by atoms with Gasteiger partial charge in [-0.2, -0.15) is 0 Å². The summed E-state index contributed by atoms with van der Waals surface area (Å²) in [6.45, 7) is 7.11. The van der Waals surface area contributed by atoms with Crippen LogP contribution in [0, 0.1) is 10.1 Å². The molecule has 0 amide bonds. The molecule has 4 N–H and O–H groups in total. The minimum absolute atomic E-state index is 0.0895. The van der Waals surface area contributed by atoms with Gasteiger partial charge in [-0.15, -0.1) is 0 Å². The highest BCUT2D eigenvalue weighted by molar-refractivity contribution is 5.25. The number of hydrogen-bond donors (Lipinski definition) is 3. The molecule has 1 unspecified atom stereocenters. The van der Waals surface area contributed by atoms with Crippen LogP contribution in [0.1, 0.15) is 52.4 Å². The van der Waals surface area contributed by atoms with Gasteiger partial charge in [0.05, 0.1) is 18.1 Å². The number of nitrogens with one attached hydrogen (secondary N) is 2. The second kappa shape index (κ2) is 8.99. The summed E-state index contributed by atoms with van der Waals surface area (Å²) < 4.78 is 11.0. The number of nitro groups is 1. The molecule has 9 heteroatoms. The van der Waals surface area contributed by atoms with Crippen molar-refractivity contribution in [2.75, 3.05) is 26.8 Å². The number of dihydropyridines is 1. The Hall–Kier alpha value is -1.68. The van der Waals surface area contributed by atoms with Crippen molar-refractivity contribution < 1.29 is 14.4 Å². The molecule has 164 valence electrons. The Labute approximate surface area is 172 Å². The second-order valence-electron chi connectivity index (χ2n) is 8.53. The lowest BCUT2D eigenvalue weighted by Gasteiger charge is -2.49. The number of piperidine rings is 1. The van der Waals surface area contributed by atoms with Crippen LogP contribution in [0.15, 0.2) is 23.7 Å². The molecule has 29 heavy (non-hydrogen) atoms. The van der Waals surface area contributed by atoms with E-state index in [-0.39, 0.29) is 17.3 Å². The molecule has 1 saturated carbocycles. The minimum atomic E-state index is -1.45. The molecule has 1 aliphatic carbocycles. The highest BCUT2D eigenvalue weighted by Crippen LogP contribution is 2.36. The van der Waals surface area contributed by atoms with Crippen LogP contribution in [-0.4, -0.2) is 60.1 Å². The third kappa shape index (κ3) is 4.91. The number of ether oxygens (including phenoxy) is 2. The third-order valence-corrected chi connectivity index (χ3v) is 6.64. The molecular weight excluding hydrogens is 374 g/mol. The lowest BCUT2D eigenvalue weighted by Crippen LogP contribution is -2.70. The Morgan fingerprint density at radius 3 is 2.52 bits per heavy atom. The van der Waals surface area contributed by atoms with Crippen LogP contribution in [0.2, 0.25) is 0 Å². The summed E-state index contributed by atoms with van der Waals surface area (Å²) in [7, 11) is 1.50. The largest absolute Gasteiger partial charge is 0.482 e. The fourth-order valence-electron chi connectivity index (χ4n) is 4.84. The van der Waals surface area contributed by atoms with Crippen LogP contribution < -0.4 is 16.4 Å². The SMILES string of the molecule is CCOC1CCC(C)(N2CCC(NC3(N)NC(OC)=CC=C3[N+](=O)[O-])CC2)CC1. The second-order valence-corrected chi connectivity index (χ2v) is 8.53. The number of likely N-dealkylation sites (tertiary alicyclic amines) is 1. The minimum Gasteiger partial charge on any atom is -0.482 e. The topological polar surface area (TPSA) is 115 Å². The van der Waals surface area contributed by atoms with E-state index in [0.29, 0.717) is 12.0 Å². The van der Waals surface area contributed by atoms with Crippen molar-refractivity contribution >= 4 is 0 Å². The van der Waals surface area contributed by atoms with Gasteiger partial charge in [0.1, 0.15) is 0 Å². The lowest BCUT2D eigenvalue weighted by atomic mass is 9.79. The normalized spacial score (nSPS) is 34.1. The smallest absolute Gasteiger partial charge is 0.301 e. The summed E-state index contributed by atoms with van der Waals surface area (Å²) >= 11 is 0. The summed E-state index contributed by atoms with van der Waals surface area (Å²) in [6, 6.07) is 0.0895. The number of nitrogens with two attached hydrogens (primary N) is 1. The standard InChI is InChI=1S/C20H35N5O4/c1-4-29-16-7-11-19(2,12-8-16)24-13-9-15(10-14-24)22-20(21)17(25(26)27)5-6-18(23-20)28-3/h5-6,15-16,22-23H,4,7-14,21H2,1-3H3. The molecule has 0 radical (unpaired) electrons. The maximum Gasteiger partial charge on any atom is 0.301 e. The fraction of sp³-hybridized carbons (Fsp3) is 0.800. The highest BCUT2D eigenvalue weighted by Gasteiger charge is 2.45. The summed E-state index contributed by atoms with van der Waals surface area (Å²) in [5.74, 6) is -1.04. The number of nitrogens with zero attached hydrogens (tertiary/aromatic N) is 2. The molecule has 0 bridgehead atoms. The van der Waals surface area contributed by atoms with Crippen LogP contribution in [0.5, 0.6) is 0 Å². The van der Waals surface area contributed by atoms with E-state index in [1.54, 1.807) is 0 Å². The molecule has 2 heterocycles. The van der Waals surface area contributed by atoms with Crippen LogP contribution in [0.4, 0.5) is 0 Å². The van der Waals surface area contributed by atoms with Gasteiger partial charge >= 0.3 is 5.70 Å². The van der Waals surface area contributed by atoms with Gasteiger partial charge in [0.25, 0.3) is 0 Å². The average Bonchev–Trinajstić information content (AvgIpc) is 2.70. The molecule has 9 nitrogen and oxygen atoms in total. The molecule has 2 aliphatic heterocycles. The molecule has 1 saturated heterocycles. The Kier molecular flexibility index (Phi) is 6.83. The van der Waals surface area contributed by atoms with Crippen LogP contribution in [-0.2, 0) is 9.47 Å². The van der Waals surface area contributed by atoms with E-state index < -0.39 is 10.7 Å². The monoisotopic (exact) mass is 409 g/mol. The summed E-state index contributed by atoms with van der Waals surface area (Å²) in [5, 5.41) is 17.7. The zero-order valence-corrected chi connectivity index (χ0v) is 17.8. The van der Waals surface area contributed by atoms with Crippen molar-refractivity contribution in [3.8, 4) is 0 Å². The Morgan fingerprint density at radius 2 is 1.97 bits per heavy atom. The first-order valence-corrected chi connectivity index (χ1v) is 10.6. The molecule has 3 rings (SSSR count). The fourth-order valence-corrected chi connectivity index (χ4v) is 4.84. The lowest BCUT2D eigenvalue weighted by molar-refractivity contribution is -0.438. The Bertz CT molecular complexity index is 651. The number of rotatable bonds is 7. The quantitative estimate of drug-likeness (QED) is 0.330. The van der Waals surface area contributed by atoms with Crippen molar-refractivity contribution in [1.82, 2.24) is 15.5 Å². The van der Waals surface area contributed by atoms with E-state index in [1.807, 2.05) is 0 Å². The number of hydrogen-bond acceptors (Lipinski definition) is 8.